The third-order valence-corrected chi connectivity index (χ3v) is 6.12. The number of hydrogen-bond acceptors (Lipinski definition) is 4. The summed E-state index contributed by atoms with van der Waals surface area (Å²) in [7, 11) is -3.74. The Labute approximate surface area is 171 Å². The molecule has 2 aromatic carbocycles. The third kappa shape index (κ3) is 5.00. The molecule has 0 aliphatic carbocycles. The minimum Gasteiger partial charge on any atom is -0.345 e. The zero-order chi connectivity index (χ0) is 21.0. The van der Waals surface area contributed by atoms with Gasteiger partial charge in [0.25, 0.3) is 15.9 Å². The zero-order valence-electron chi connectivity index (χ0n) is 16.5. The van der Waals surface area contributed by atoms with Gasteiger partial charge in [0, 0.05) is 23.6 Å². The van der Waals surface area contributed by atoms with Gasteiger partial charge in [-0.15, -0.1) is 0 Å². The zero-order valence-corrected chi connectivity index (χ0v) is 17.3. The highest BCUT2D eigenvalue weighted by Crippen LogP contribution is 2.20. The maximum atomic E-state index is 12.6. The van der Waals surface area contributed by atoms with Gasteiger partial charge in [-0.1, -0.05) is 12.1 Å². The molecule has 7 heteroatoms. The van der Waals surface area contributed by atoms with Crippen LogP contribution in [0.3, 0.4) is 0 Å². The number of sulfonamides is 1. The largest absolute Gasteiger partial charge is 0.345 e. The Bertz CT molecular complexity index is 1110. The number of hydrogen-bond donors (Lipinski definition) is 2. The molecule has 6 nitrogen and oxygen atoms in total. The third-order valence-electron chi connectivity index (χ3n) is 4.72. The summed E-state index contributed by atoms with van der Waals surface area (Å²) in [5.41, 5.74) is 3.85. The molecule has 150 valence electrons. The predicted molar refractivity (Wildman–Crippen MR) is 113 cm³/mol. The summed E-state index contributed by atoms with van der Waals surface area (Å²) in [6.45, 7) is 5.75. The van der Waals surface area contributed by atoms with Gasteiger partial charge in [0.1, 0.15) is 0 Å². The van der Waals surface area contributed by atoms with Crippen LogP contribution >= 0.6 is 0 Å². The molecule has 29 heavy (non-hydrogen) atoms. The topological polar surface area (TPSA) is 88.2 Å². The number of pyridine rings is 1. The highest BCUT2D eigenvalue weighted by atomic mass is 32.2. The summed E-state index contributed by atoms with van der Waals surface area (Å²) in [5, 5.41) is 2.88. The fourth-order valence-corrected chi connectivity index (χ4v) is 3.85. The summed E-state index contributed by atoms with van der Waals surface area (Å²) in [4.78, 5) is 16.6. The van der Waals surface area contributed by atoms with E-state index in [0.29, 0.717) is 11.3 Å². The second kappa shape index (κ2) is 8.45. The fraction of sp³-hybridized carbons (Fsp3) is 0.182. The maximum Gasteiger partial charge on any atom is 0.261 e. The van der Waals surface area contributed by atoms with Crippen molar-refractivity contribution >= 4 is 21.6 Å². The first-order valence-corrected chi connectivity index (χ1v) is 10.7. The molecular formula is C22H23N3O3S. The van der Waals surface area contributed by atoms with Crippen LogP contribution in [0, 0.1) is 13.8 Å². The number of benzene rings is 2. The molecule has 0 unspecified atom stereocenters. The van der Waals surface area contributed by atoms with Crippen molar-refractivity contribution in [1.29, 1.82) is 0 Å². The van der Waals surface area contributed by atoms with Crippen molar-refractivity contribution in [3.05, 3.63) is 89.2 Å². The van der Waals surface area contributed by atoms with E-state index < -0.39 is 10.0 Å². The van der Waals surface area contributed by atoms with Crippen molar-refractivity contribution in [1.82, 2.24) is 10.3 Å². The monoisotopic (exact) mass is 409 g/mol. The molecule has 1 atom stereocenters. The molecule has 2 N–H and O–H groups in total. The SMILES string of the molecule is Cc1ccc(NS(=O)(=O)c2ccc(C(=O)N[C@@H](C)c3cccnc3)cc2)cc1C. The van der Waals surface area contributed by atoms with Crippen LogP contribution in [0.2, 0.25) is 0 Å². The number of carbonyl (C=O) groups is 1. The fourth-order valence-electron chi connectivity index (χ4n) is 2.80. The molecule has 0 radical (unpaired) electrons. The molecule has 0 aliphatic heterocycles. The number of amides is 1. The van der Waals surface area contributed by atoms with Gasteiger partial charge in [0.2, 0.25) is 0 Å². The lowest BCUT2D eigenvalue weighted by atomic mass is 10.1. The molecule has 3 aromatic rings. The Hall–Kier alpha value is -3.19. The van der Waals surface area contributed by atoms with Crippen LogP contribution in [0.5, 0.6) is 0 Å². The molecule has 0 bridgehead atoms. The molecular weight excluding hydrogens is 386 g/mol. The number of nitrogens with one attached hydrogen (secondary N) is 2. The number of carbonyl (C=O) groups excluding carboxylic acids is 1. The summed E-state index contributed by atoms with van der Waals surface area (Å²) < 4.78 is 27.8. The van der Waals surface area contributed by atoms with E-state index in [2.05, 4.69) is 15.0 Å². The van der Waals surface area contributed by atoms with Crippen LogP contribution in [0.15, 0.2) is 71.9 Å². The standard InChI is InChI=1S/C22H23N3O3S/c1-15-6-9-20(13-16(15)2)25-29(27,28)21-10-7-18(8-11-21)22(26)24-17(3)19-5-4-12-23-14-19/h4-14,17,25H,1-3H3,(H,24,26)/t17-/m0/s1. The van der Waals surface area contributed by atoms with Gasteiger partial charge in [0.15, 0.2) is 0 Å². The van der Waals surface area contributed by atoms with E-state index in [4.69, 9.17) is 0 Å². The van der Waals surface area contributed by atoms with Crippen molar-refractivity contribution in [2.24, 2.45) is 0 Å². The maximum absolute atomic E-state index is 12.6. The van der Waals surface area contributed by atoms with Gasteiger partial charge >= 0.3 is 0 Å². The summed E-state index contributed by atoms with van der Waals surface area (Å²) in [6.07, 6.45) is 3.36. The average Bonchev–Trinajstić information content (AvgIpc) is 2.71. The van der Waals surface area contributed by atoms with Crippen LogP contribution in [0.4, 0.5) is 5.69 Å². The molecule has 0 fully saturated rings. The van der Waals surface area contributed by atoms with E-state index in [1.165, 1.54) is 24.3 Å². The lowest BCUT2D eigenvalue weighted by Crippen LogP contribution is -2.26. The number of rotatable bonds is 6. The van der Waals surface area contributed by atoms with Gasteiger partial charge in [-0.05, 0) is 79.9 Å². The van der Waals surface area contributed by atoms with Crippen LogP contribution < -0.4 is 10.0 Å². The second-order valence-electron chi connectivity index (χ2n) is 6.91. The van der Waals surface area contributed by atoms with Crippen molar-refractivity contribution < 1.29 is 13.2 Å². The average molecular weight is 410 g/mol. The lowest BCUT2D eigenvalue weighted by molar-refractivity contribution is 0.0939. The van der Waals surface area contributed by atoms with Crippen LogP contribution in [0.25, 0.3) is 0 Å². The molecule has 3 rings (SSSR count). The lowest BCUT2D eigenvalue weighted by Gasteiger charge is -2.14. The number of aryl methyl sites for hydroxylation is 2. The van der Waals surface area contributed by atoms with Gasteiger partial charge in [-0.3, -0.25) is 14.5 Å². The smallest absolute Gasteiger partial charge is 0.261 e. The molecule has 0 spiro atoms. The normalized spacial score (nSPS) is 12.2. The van der Waals surface area contributed by atoms with Gasteiger partial charge < -0.3 is 5.32 Å². The Balaban J connectivity index is 1.71. The Kier molecular flexibility index (Phi) is 5.98. The molecule has 0 saturated heterocycles. The Morgan fingerprint density at radius 2 is 1.72 bits per heavy atom. The molecule has 1 amide bonds. The number of aromatic nitrogens is 1. The van der Waals surface area contributed by atoms with Gasteiger partial charge in [0.05, 0.1) is 10.9 Å². The van der Waals surface area contributed by atoms with Gasteiger partial charge in [-0.2, -0.15) is 0 Å². The summed E-state index contributed by atoms with van der Waals surface area (Å²) in [5.74, 6) is -0.285. The first kappa shape index (κ1) is 20.5. The first-order chi connectivity index (χ1) is 13.8. The predicted octanol–water partition coefficient (Wildman–Crippen LogP) is 3.99. The molecule has 0 aliphatic rings. The van der Waals surface area contributed by atoms with Crippen molar-refractivity contribution in [2.75, 3.05) is 4.72 Å². The highest BCUT2D eigenvalue weighted by Gasteiger charge is 2.16. The number of nitrogens with zero attached hydrogens (tertiary/aromatic N) is 1. The van der Waals surface area contributed by atoms with Crippen molar-refractivity contribution in [3.8, 4) is 0 Å². The van der Waals surface area contributed by atoms with E-state index in [1.54, 1.807) is 30.6 Å². The minimum absolute atomic E-state index is 0.0904. The molecule has 1 heterocycles. The van der Waals surface area contributed by atoms with Crippen LogP contribution in [0.1, 0.15) is 40.0 Å². The Morgan fingerprint density at radius 1 is 1.00 bits per heavy atom. The molecule has 0 saturated carbocycles. The van der Waals surface area contributed by atoms with E-state index >= 15 is 0 Å². The summed E-state index contributed by atoms with van der Waals surface area (Å²) in [6, 6.07) is 14.7. The highest BCUT2D eigenvalue weighted by molar-refractivity contribution is 7.92. The second-order valence-corrected chi connectivity index (χ2v) is 8.59. The van der Waals surface area contributed by atoms with E-state index in [9.17, 15) is 13.2 Å². The summed E-state index contributed by atoms with van der Waals surface area (Å²) >= 11 is 0. The van der Waals surface area contributed by atoms with Crippen molar-refractivity contribution in [2.45, 2.75) is 31.7 Å². The quantitative estimate of drug-likeness (QED) is 0.644. The van der Waals surface area contributed by atoms with Crippen molar-refractivity contribution in [3.63, 3.8) is 0 Å². The van der Waals surface area contributed by atoms with Crippen LogP contribution in [-0.2, 0) is 10.0 Å². The van der Waals surface area contributed by atoms with E-state index in [0.717, 1.165) is 16.7 Å². The molecule has 1 aromatic heterocycles. The van der Waals surface area contributed by atoms with E-state index in [1.807, 2.05) is 32.9 Å². The minimum atomic E-state index is -3.74. The number of anilines is 1. The van der Waals surface area contributed by atoms with E-state index in [-0.39, 0.29) is 16.8 Å². The Morgan fingerprint density at radius 3 is 2.34 bits per heavy atom. The van der Waals surface area contributed by atoms with Crippen LogP contribution in [-0.4, -0.2) is 19.3 Å². The first-order valence-electron chi connectivity index (χ1n) is 9.17. The van der Waals surface area contributed by atoms with Gasteiger partial charge in [-0.25, -0.2) is 8.42 Å².